The van der Waals surface area contributed by atoms with E-state index >= 15 is 0 Å². The minimum Gasteiger partial charge on any atom is -0.111 e. The van der Waals surface area contributed by atoms with E-state index in [1.807, 2.05) is 6.07 Å². The lowest BCUT2D eigenvalue weighted by Gasteiger charge is -2.12. The molecule has 0 bridgehead atoms. The predicted octanol–water partition coefficient (Wildman–Crippen LogP) is 6.61. The summed E-state index contributed by atoms with van der Waals surface area (Å²) >= 11 is 20.8. The maximum atomic E-state index is 6.16. The van der Waals surface area contributed by atoms with Gasteiger partial charge in [-0.25, -0.2) is 0 Å². The molecule has 90 valence electrons. The van der Waals surface area contributed by atoms with Crippen LogP contribution in [0.5, 0.6) is 0 Å². The van der Waals surface area contributed by atoms with Crippen molar-refractivity contribution in [3.05, 3.63) is 54.1 Å². The van der Waals surface area contributed by atoms with E-state index in [2.05, 4.69) is 57.0 Å². The van der Waals surface area contributed by atoms with Gasteiger partial charge in [0.15, 0.2) is 0 Å². The van der Waals surface area contributed by atoms with E-state index in [-0.39, 0.29) is 4.83 Å². The normalized spacial score (nSPS) is 12.8. The summed E-state index contributed by atoms with van der Waals surface area (Å²) in [6.07, 6.45) is 0. The molecule has 0 saturated carbocycles. The van der Waals surface area contributed by atoms with Crippen LogP contribution in [0.15, 0.2) is 28.7 Å². The van der Waals surface area contributed by atoms with Gasteiger partial charge in [-0.3, -0.25) is 0 Å². The van der Waals surface area contributed by atoms with E-state index in [1.165, 1.54) is 16.9 Å². The Morgan fingerprint density at radius 3 is 2.41 bits per heavy atom. The highest BCUT2D eigenvalue weighted by molar-refractivity contribution is 9.11. The van der Waals surface area contributed by atoms with Crippen molar-refractivity contribution in [2.75, 3.05) is 0 Å². The van der Waals surface area contributed by atoms with Gasteiger partial charge < -0.3 is 0 Å². The molecule has 17 heavy (non-hydrogen) atoms. The van der Waals surface area contributed by atoms with Crippen LogP contribution in [0.3, 0.4) is 0 Å². The van der Waals surface area contributed by atoms with Crippen LogP contribution in [0.2, 0.25) is 8.67 Å². The summed E-state index contributed by atoms with van der Waals surface area (Å²) in [7, 11) is 0. The molecule has 1 unspecified atom stereocenters. The molecule has 0 fully saturated rings. The summed E-state index contributed by atoms with van der Waals surface area (Å²) in [6, 6.07) is 8.16. The van der Waals surface area contributed by atoms with E-state index in [9.17, 15) is 0 Å². The Bertz CT molecular complexity index is 551. The molecule has 2 rings (SSSR count). The Balaban J connectivity index is 2.43. The first-order valence-electron chi connectivity index (χ1n) is 4.84. The minimum absolute atomic E-state index is 0.0497. The van der Waals surface area contributed by atoms with E-state index in [4.69, 9.17) is 23.2 Å². The van der Waals surface area contributed by atoms with Gasteiger partial charge in [-0.15, -0.1) is 11.3 Å². The third-order valence-electron chi connectivity index (χ3n) is 2.39. The molecule has 5 heteroatoms. The van der Waals surface area contributed by atoms with Crippen LogP contribution in [0, 0.1) is 6.92 Å². The fourth-order valence-corrected chi connectivity index (χ4v) is 5.14. The van der Waals surface area contributed by atoms with Crippen molar-refractivity contribution in [2.45, 2.75) is 11.8 Å². The van der Waals surface area contributed by atoms with Gasteiger partial charge in [-0.1, -0.05) is 67.2 Å². The molecular formula is C12H8Br2Cl2S. The molecular weight excluding hydrogens is 407 g/mol. The van der Waals surface area contributed by atoms with Crippen molar-refractivity contribution in [1.29, 1.82) is 0 Å². The smallest absolute Gasteiger partial charge is 0.0990 e. The SMILES string of the molecule is Cc1ccc(C(Br)c2cc(Cl)sc2Cl)c(Br)c1. The summed E-state index contributed by atoms with van der Waals surface area (Å²) < 4.78 is 2.50. The number of alkyl halides is 1. The molecule has 0 saturated heterocycles. The van der Waals surface area contributed by atoms with Gasteiger partial charge in [0.2, 0.25) is 0 Å². The van der Waals surface area contributed by atoms with E-state index in [1.54, 1.807) is 0 Å². The maximum Gasteiger partial charge on any atom is 0.0990 e. The molecule has 0 spiro atoms. The van der Waals surface area contributed by atoms with Crippen molar-refractivity contribution in [1.82, 2.24) is 0 Å². The average Bonchev–Trinajstić information content (AvgIpc) is 2.57. The number of hydrogen-bond donors (Lipinski definition) is 0. The first-order chi connectivity index (χ1) is 7.99. The van der Waals surface area contributed by atoms with Crippen molar-refractivity contribution in [2.24, 2.45) is 0 Å². The highest BCUT2D eigenvalue weighted by Crippen LogP contribution is 2.43. The lowest BCUT2D eigenvalue weighted by atomic mass is 10.1. The van der Waals surface area contributed by atoms with Gasteiger partial charge in [0.1, 0.15) is 0 Å². The Labute approximate surface area is 131 Å². The molecule has 1 aromatic carbocycles. The predicted molar refractivity (Wildman–Crippen MR) is 84.0 cm³/mol. The number of thiophene rings is 1. The third-order valence-corrected chi connectivity index (χ3v) is 5.58. The minimum atomic E-state index is 0.0497. The van der Waals surface area contributed by atoms with Crippen LogP contribution in [0.25, 0.3) is 0 Å². The van der Waals surface area contributed by atoms with Crippen molar-refractivity contribution in [3.8, 4) is 0 Å². The maximum absolute atomic E-state index is 6.16. The molecule has 2 aromatic rings. The Kier molecular flexibility index (Phi) is 4.59. The standard InChI is InChI=1S/C12H8Br2Cl2S/c1-6-2-3-7(9(13)4-6)11(14)8-5-10(15)17-12(8)16/h2-5,11H,1H3. The third kappa shape index (κ3) is 3.07. The zero-order chi connectivity index (χ0) is 12.6. The summed E-state index contributed by atoms with van der Waals surface area (Å²) in [5.74, 6) is 0. The fraction of sp³-hybridized carbons (Fsp3) is 0.167. The van der Waals surface area contributed by atoms with Gasteiger partial charge in [-0.05, 0) is 30.2 Å². The molecule has 0 radical (unpaired) electrons. The van der Waals surface area contributed by atoms with Gasteiger partial charge in [0.25, 0.3) is 0 Å². The Hall–Kier alpha value is 0.460. The van der Waals surface area contributed by atoms with Crippen LogP contribution in [-0.2, 0) is 0 Å². The number of rotatable bonds is 2. The molecule has 1 heterocycles. The highest BCUT2D eigenvalue weighted by Gasteiger charge is 2.18. The molecule has 0 aliphatic rings. The average molecular weight is 415 g/mol. The van der Waals surface area contributed by atoms with Crippen LogP contribution in [0.4, 0.5) is 0 Å². The van der Waals surface area contributed by atoms with Crippen LogP contribution < -0.4 is 0 Å². The number of halogens is 4. The zero-order valence-electron chi connectivity index (χ0n) is 8.81. The molecule has 0 nitrogen and oxygen atoms in total. The molecule has 1 atom stereocenters. The van der Waals surface area contributed by atoms with Gasteiger partial charge >= 0.3 is 0 Å². The largest absolute Gasteiger partial charge is 0.111 e. The number of aryl methyl sites for hydroxylation is 1. The Morgan fingerprint density at radius 1 is 1.18 bits per heavy atom. The second kappa shape index (κ2) is 5.62. The van der Waals surface area contributed by atoms with Gasteiger partial charge in [0, 0.05) is 10.0 Å². The summed E-state index contributed by atoms with van der Waals surface area (Å²) in [4.78, 5) is 0.0497. The topological polar surface area (TPSA) is 0 Å². The van der Waals surface area contributed by atoms with E-state index in [0.29, 0.717) is 4.34 Å². The molecule has 0 aliphatic carbocycles. The lowest BCUT2D eigenvalue weighted by molar-refractivity contribution is 1.17. The van der Waals surface area contributed by atoms with E-state index < -0.39 is 0 Å². The number of hydrogen-bond acceptors (Lipinski definition) is 1. The van der Waals surface area contributed by atoms with Crippen LogP contribution >= 0.6 is 66.4 Å². The van der Waals surface area contributed by atoms with Gasteiger partial charge in [0.05, 0.1) is 13.5 Å². The Morgan fingerprint density at radius 2 is 1.88 bits per heavy atom. The molecule has 0 N–H and O–H groups in total. The number of benzene rings is 1. The fourth-order valence-electron chi connectivity index (χ4n) is 1.53. The van der Waals surface area contributed by atoms with Crippen molar-refractivity contribution >= 4 is 66.4 Å². The monoisotopic (exact) mass is 412 g/mol. The molecule has 0 amide bonds. The first-order valence-corrected chi connectivity index (χ1v) is 8.12. The highest BCUT2D eigenvalue weighted by atomic mass is 79.9. The second-order valence-corrected chi connectivity index (χ2v) is 7.72. The van der Waals surface area contributed by atoms with Crippen LogP contribution in [-0.4, -0.2) is 0 Å². The van der Waals surface area contributed by atoms with Crippen LogP contribution in [0.1, 0.15) is 21.5 Å². The van der Waals surface area contributed by atoms with E-state index in [0.717, 1.165) is 19.9 Å². The first kappa shape index (κ1) is 13.9. The summed E-state index contributed by atoms with van der Waals surface area (Å²) in [5.41, 5.74) is 3.37. The second-order valence-electron chi connectivity index (χ2n) is 3.67. The van der Waals surface area contributed by atoms with Crippen molar-refractivity contribution in [3.63, 3.8) is 0 Å². The van der Waals surface area contributed by atoms with Crippen molar-refractivity contribution < 1.29 is 0 Å². The van der Waals surface area contributed by atoms with Gasteiger partial charge in [-0.2, -0.15) is 0 Å². The molecule has 1 aromatic heterocycles. The lowest BCUT2D eigenvalue weighted by Crippen LogP contribution is -1.93. The summed E-state index contributed by atoms with van der Waals surface area (Å²) in [6.45, 7) is 2.06. The quantitative estimate of drug-likeness (QED) is 0.485. The zero-order valence-corrected chi connectivity index (χ0v) is 14.3. The summed E-state index contributed by atoms with van der Waals surface area (Å²) in [5, 5.41) is 0. The molecule has 0 aliphatic heterocycles.